The lowest BCUT2D eigenvalue weighted by atomic mass is 10.0. The van der Waals surface area contributed by atoms with Crippen molar-refractivity contribution in [1.82, 2.24) is 0 Å². The normalized spacial score (nSPS) is 12.2. The zero-order valence-electron chi connectivity index (χ0n) is 54.1. The number of hydrogen-bond donors (Lipinski definition) is 0. The molecular weight excluding hydrogens is 985 g/mol. The number of hydrogen-bond acceptors (Lipinski definition) is 6. The van der Waals surface area contributed by atoms with Crippen LogP contribution in [0.5, 0.6) is 0 Å². The molecule has 1 atom stereocenters. The van der Waals surface area contributed by atoms with Crippen molar-refractivity contribution in [2.45, 2.75) is 406 Å². The second-order valence-electron chi connectivity index (χ2n) is 24.5. The molecule has 0 aromatic heterocycles. The van der Waals surface area contributed by atoms with Gasteiger partial charge >= 0.3 is 17.9 Å². The molecular formula is C74H138O6. The van der Waals surface area contributed by atoms with Gasteiger partial charge in [0.25, 0.3) is 0 Å². The Kier molecular flexibility index (Phi) is 67.1. The first kappa shape index (κ1) is 77.6. The third kappa shape index (κ3) is 66.4. The van der Waals surface area contributed by atoms with E-state index >= 15 is 0 Å². The molecule has 1 unspecified atom stereocenters. The standard InChI is InChI=1S/C74H138O6/c1-4-7-10-13-16-19-22-25-28-31-34-35-36-37-38-39-41-43-46-49-52-55-58-61-64-67-73(76)79-70-71(69-78-72(75)66-63-60-57-54-51-48-45-42-33-30-27-24-21-18-15-12-9-6-3)80-74(77)68-65-62-59-56-53-50-47-44-40-32-29-26-23-20-17-14-11-8-5-2/h22,25-26,29,31,34,71H,4-21,23-24,27-28,30,32-33,35-70H2,1-3H3/b25-22-,29-26-,34-31-. The Morgan fingerprint density at radius 2 is 0.450 bits per heavy atom. The van der Waals surface area contributed by atoms with Crippen LogP contribution in [0.4, 0.5) is 0 Å². The Balaban J connectivity index is 4.29. The summed E-state index contributed by atoms with van der Waals surface area (Å²) in [7, 11) is 0. The van der Waals surface area contributed by atoms with E-state index in [1.54, 1.807) is 0 Å². The van der Waals surface area contributed by atoms with Crippen LogP contribution in [0.2, 0.25) is 0 Å². The first-order valence-electron chi connectivity index (χ1n) is 36.0. The molecule has 6 heteroatoms. The molecule has 470 valence electrons. The van der Waals surface area contributed by atoms with E-state index in [4.69, 9.17) is 14.2 Å². The third-order valence-corrected chi connectivity index (χ3v) is 16.4. The fourth-order valence-corrected chi connectivity index (χ4v) is 10.9. The quantitative estimate of drug-likeness (QED) is 0.0261. The largest absolute Gasteiger partial charge is 0.462 e. The number of allylic oxidation sites excluding steroid dienone is 6. The minimum absolute atomic E-state index is 0.0674. The van der Waals surface area contributed by atoms with Gasteiger partial charge in [-0.25, -0.2) is 0 Å². The maximum Gasteiger partial charge on any atom is 0.306 e. The van der Waals surface area contributed by atoms with E-state index in [1.165, 1.54) is 295 Å². The highest BCUT2D eigenvalue weighted by molar-refractivity contribution is 5.71. The molecule has 0 saturated carbocycles. The first-order valence-corrected chi connectivity index (χ1v) is 36.0. The Morgan fingerprint density at radius 1 is 0.250 bits per heavy atom. The SMILES string of the molecule is CCCCCCC/C=C\C/C=C\CCCCCCCCCCCCCCCC(=O)OCC(COC(=O)CCCCCCCCCCCCCCCCCCCC)OC(=O)CCCCCCCCCCC/C=C\CCCCCCCC. The summed E-state index contributed by atoms with van der Waals surface area (Å²) in [4.78, 5) is 38.5. The van der Waals surface area contributed by atoms with Gasteiger partial charge in [-0.2, -0.15) is 0 Å². The maximum atomic E-state index is 13.0. The van der Waals surface area contributed by atoms with E-state index < -0.39 is 6.10 Å². The molecule has 0 aromatic rings. The van der Waals surface area contributed by atoms with Gasteiger partial charge in [0.15, 0.2) is 6.10 Å². The average molecular weight is 1120 g/mol. The molecule has 0 bridgehead atoms. The molecule has 0 amide bonds. The first-order chi connectivity index (χ1) is 39.5. The van der Waals surface area contributed by atoms with E-state index in [0.717, 1.165) is 64.2 Å². The number of unbranched alkanes of at least 4 members (excludes halogenated alkanes) is 50. The Bertz CT molecular complexity index is 1340. The number of rotatable bonds is 67. The van der Waals surface area contributed by atoms with Crippen LogP contribution in [-0.4, -0.2) is 37.2 Å². The highest BCUT2D eigenvalue weighted by Gasteiger charge is 2.19. The molecule has 0 saturated heterocycles. The maximum absolute atomic E-state index is 13.0. The van der Waals surface area contributed by atoms with Gasteiger partial charge in [0, 0.05) is 19.3 Å². The molecule has 0 fully saturated rings. The average Bonchev–Trinajstić information content (AvgIpc) is 3.46. The zero-order chi connectivity index (χ0) is 57.8. The van der Waals surface area contributed by atoms with Gasteiger partial charge in [-0.3, -0.25) is 14.4 Å². The summed E-state index contributed by atoms with van der Waals surface area (Å²) in [6.07, 6.45) is 85.9. The highest BCUT2D eigenvalue weighted by Crippen LogP contribution is 2.18. The molecule has 6 nitrogen and oxygen atoms in total. The van der Waals surface area contributed by atoms with Gasteiger partial charge in [-0.05, 0) is 77.0 Å². The molecule has 0 N–H and O–H groups in total. The van der Waals surface area contributed by atoms with E-state index in [0.29, 0.717) is 19.3 Å². The Labute approximate surface area is 499 Å². The Morgan fingerprint density at radius 3 is 0.700 bits per heavy atom. The van der Waals surface area contributed by atoms with E-state index in [-0.39, 0.29) is 31.1 Å². The predicted octanol–water partition coefficient (Wildman–Crippen LogP) is 24.7. The van der Waals surface area contributed by atoms with Crippen LogP contribution in [0.25, 0.3) is 0 Å². The fourth-order valence-electron chi connectivity index (χ4n) is 10.9. The van der Waals surface area contributed by atoms with Gasteiger partial charge in [0.1, 0.15) is 13.2 Å². The van der Waals surface area contributed by atoms with Crippen LogP contribution < -0.4 is 0 Å². The molecule has 0 rings (SSSR count). The summed E-state index contributed by atoms with van der Waals surface area (Å²) in [5.41, 5.74) is 0. The van der Waals surface area contributed by atoms with Crippen molar-refractivity contribution in [2.75, 3.05) is 13.2 Å². The lowest BCUT2D eigenvalue weighted by Crippen LogP contribution is -2.30. The van der Waals surface area contributed by atoms with E-state index in [2.05, 4.69) is 57.2 Å². The summed E-state index contributed by atoms with van der Waals surface area (Å²) in [5, 5.41) is 0. The zero-order valence-corrected chi connectivity index (χ0v) is 54.1. The smallest absolute Gasteiger partial charge is 0.306 e. The summed E-state index contributed by atoms with van der Waals surface area (Å²) in [6.45, 7) is 6.71. The second-order valence-corrected chi connectivity index (χ2v) is 24.5. The summed E-state index contributed by atoms with van der Waals surface area (Å²) in [6, 6.07) is 0. The van der Waals surface area contributed by atoms with Gasteiger partial charge in [0.05, 0.1) is 0 Å². The van der Waals surface area contributed by atoms with Crippen LogP contribution in [0, 0.1) is 0 Å². The minimum Gasteiger partial charge on any atom is -0.462 e. The van der Waals surface area contributed by atoms with Crippen LogP contribution in [0.15, 0.2) is 36.5 Å². The van der Waals surface area contributed by atoms with Crippen molar-refractivity contribution in [3.05, 3.63) is 36.5 Å². The monoisotopic (exact) mass is 1120 g/mol. The topological polar surface area (TPSA) is 78.9 Å². The summed E-state index contributed by atoms with van der Waals surface area (Å²) < 4.78 is 17.0. The van der Waals surface area contributed by atoms with Crippen molar-refractivity contribution in [3.63, 3.8) is 0 Å². The molecule has 0 aliphatic rings. The molecule has 0 spiro atoms. The van der Waals surface area contributed by atoms with Gasteiger partial charge in [-0.15, -0.1) is 0 Å². The van der Waals surface area contributed by atoms with Crippen molar-refractivity contribution in [1.29, 1.82) is 0 Å². The third-order valence-electron chi connectivity index (χ3n) is 16.4. The van der Waals surface area contributed by atoms with Crippen molar-refractivity contribution >= 4 is 17.9 Å². The summed E-state index contributed by atoms with van der Waals surface area (Å²) >= 11 is 0. The van der Waals surface area contributed by atoms with Crippen molar-refractivity contribution in [2.24, 2.45) is 0 Å². The molecule has 0 heterocycles. The lowest BCUT2D eigenvalue weighted by molar-refractivity contribution is -0.167. The van der Waals surface area contributed by atoms with Gasteiger partial charge in [0.2, 0.25) is 0 Å². The summed E-state index contributed by atoms with van der Waals surface area (Å²) in [5.74, 6) is -0.839. The highest BCUT2D eigenvalue weighted by atomic mass is 16.6. The number of ether oxygens (including phenoxy) is 3. The number of carbonyl (C=O) groups excluding carboxylic acids is 3. The van der Waals surface area contributed by atoms with Crippen LogP contribution in [-0.2, 0) is 28.6 Å². The number of carbonyl (C=O) groups is 3. The molecule has 0 aliphatic carbocycles. The minimum atomic E-state index is -0.772. The van der Waals surface area contributed by atoms with E-state index in [1.807, 2.05) is 0 Å². The van der Waals surface area contributed by atoms with Crippen LogP contribution >= 0.6 is 0 Å². The van der Waals surface area contributed by atoms with Gasteiger partial charge in [-0.1, -0.05) is 340 Å². The molecule has 0 radical (unpaired) electrons. The lowest BCUT2D eigenvalue weighted by Gasteiger charge is -2.18. The van der Waals surface area contributed by atoms with Gasteiger partial charge < -0.3 is 14.2 Å². The predicted molar refractivity (Wildman–Crippen MR) is 349 cm³/mol. The fraction of sp³-hybridized carbons (Fsp3) is 0.878. The second kappa shape index (κ2) is 69.1. The molecule has 0 aliphatic heterocycles. The molecule has 80 heavy (non-hydrogen) atoms. The van der Waals surface area contributed by atoms with Crippen molar-refractivity contribution in [3.8, 4) is 0 Å². The Hall–Kier alpha value is -2.37. The van der Waals surface area contributed by atoms with Crippen molar-refractivity contribution < 1.29 is 28.6 Å². The van der Waals surface area contributed by atoms with Crippen LogP contribution in [0.3, 0.4) is 0 Å². The number of esters is 3. The van der Waals surface area contributed by atoms with Crippen LogP contribution in [0.1, 0.15) is 400 Å². The van der Waals surface area contributed by atoms with E-state index in [9.17, 15) is 14.4 Å². The molecule has 0 aromatic carbocycles.